The highest BCUT2D eigenvalue weighted by molar-refractivity contribution is 5.89. The quantitative estimate of drug-likeness (QED) is 0.802. The second-order valence-corrected chi connectivity index (χ2v) is 6.70. The standard InChI is InChI=1S/C20H21F3N2O4/c1-25(19(27)24-14-6-3-5-13(9-14)20(21,22)23)17-12(10-26)11-29-18-15(17)7-4-8-16(18)28-2/h3-9,12,17,26H,10-11H2,1-2H3,(H,24,27)/t12-,17-/m1/s1. The first-order valence-corrected chi connectivity index (χ1v) is 8.88. The molecule has 2 amide bonds. The number of urea groups is 1. The van der Waals surface area contributed by atoms with Crippen LogP contribution in [0.3, 0.4) is 0 Å². The molecule has 1 aliphatic rings. The van der Waals surface area contributed by atoms with E-state index in [0.717, 1.165) is 12.1 Å². The Bertz CT molecular complexity index is 888. The lowest BCUT2D eigenvalue weighted by Gasteiger charge is -2.38. The largest absolute Gasteiger partial charge is 0.493 e. The number of nitrogens with one attached hydrogen (secondary N) is 1. The molecule has 2 atom stereocenters. The molecule has 1 heterocycles. The summed E-state index contributed by atoms with van der Waals surface area (Å²) in [5.41, 5.74) is -0.182. The van der Waals surface area contributed by atoms with Crippen LogP contribution < -0.4 is 14.8 Å². The summed E-state index contributed by atoms with van der Waals surface area (Å²) < 4.78 is 49.7. The van der Waals surface area contributed by atoms with Crippen LogP contribution in [-0.4, -0.2) is 43.4 Å². The van der Waals surface area contributed by atoms with Gasteiger partial charge in [-0.15, -0.1) is 0 Å². The van der Waals surface area contributed by atoms with Crippen LogP contribution in [-0.2, 0) is 6.18 Å². The monoisotopic (exact) mass is 410 g/mol. The van der Waals surface area contributed by atoms with E-state index in [2.05, 4.69) is 5.32 Å². The van der Waals surface area contributed by atoms with E-state index in [9.17, 15) is 23.1 Å². The molecule has 0 saturated carbocycles. The number of benzene rings is 2. The summed E-state index contributed by atoms with van der Waals surface area (Å²) in [4.78, 5) is 14.1. The van der Waals surface area contributed by atoms with E-state index in [4.69, 9.17) is 9.47 Å². The van der Waals surface area contributed by atoms with E-state index in [1.54, 1.807) is 18.2 Å². The number of nitrogens with zero attached hydrogens (tertiary/aromatic N) is 1. The van der Waals surface area contributed by atoms with Gasteiger partial charge in [0.15, 0.2) is 11.5 Å². The zero-order valence-corrected chi connectivity index (χ0v) is 15.9. The number of methoxy groups -OCH3 is 1. The Balaban J connectivity index is 1.87. The number of aliphatic hydroxyl groups is 1. The first kappa shape index (κ1) is 20.8. The lowest BCUT2D eigenvalue weighted by molar-refractivity contribution is -0.137. The van der Waals surface area contributed by atoms with Crippen molar-refractivity contribution in [3.05, 3.63) is 53.6 Å². The molecule has 0 bridgehead atoms. The van der Waals surface area contributed by atoms with Crippen molar-refractivity contribution in [3.63, 3.8) is 0 Å². The molecule has 1 aliphatic heterocycles. The Hall–Kier alpha value is -2.94. The van der Waals surface area contributed by atoms with Crippen molar-refractivity contribution in [2.45, 2.75) is 12.2 Å². The Morgan fingerprint density at radius 2 is 2.03 bits per heavy atom. The summed E-state index contributed by atoms with van der Waals surface area (Å²) in [5.74, 6) is 0.561. The molecule has 6 nitrogen and oxygen atoms in total. The van der Waals surface area contributed by atoms with Crippen molar-refractivity contribution in [2.75, 3.05) is 32.7 Å². The highest BCUT2D eigenvalue weighted by Crippen LogP contribution is 2.44. The van der Waals surface area contributed by atoms with E-state index in [1.165, 1.54) is 31.2 Å². The second kappa shape index (κ2) is 8.20. The van der Waals surface area contributed by atoms with Gasteiger partial charge in [-0.05, 0) is 24.3 Å². The molecule has 0 spiro atoms. The first-order chi connectivity index (χ1) is 13.8. The Morgan fingerprint density at radius 3 is 2.69 bits per heavy atom. The van der Waals surface area contributed by atoms with Gasteiger partial charge in [0.2, 0.25) is 0 Å². The maximum Gasteiger partial charge on any atom is 0.416 e. The van der Waals surface area contributed by atoms with Gasteiger partial charge >= 0.3 is 12.2 Å². The third kappa shape index (κ3) is 4.24. The van der Waals surface area contributed by atoms with Crippen LogP contribution in [0.2, 0.25) is 0 Å². The number of fused-ring (bicyclic) bond motifs is 1. The topological polar surface area (TPSA) is 71.0 Å². The van der Waals surface area contributed by atoms with Crippen molar-refractivity contribution >= 4 is 11.7 Å². The molecule has 156 valence electrons. The van der Waals surface area contributed by atoms with E-state index in [0.29, 0.717) is 17.1 Å². The fraction of sp³-hybridized carbons (Fsp3) is 0.350. The van der Waals surface area contributed by atoms with Gasteiger partial charge in [-0.1, -0.05) is 18.2 Å². The fourth-order valence-electron chi connectivity index (χ4n) is 3.41. The molecular weight excluding hydrogens is 389 g/mol. The molecule has 2 aromatic rings. The molecule has 2 aromatic carbocycles. The minimum Gasteiger partial charge on any atom is -0.493 e. The number of anilines is 1. The molecule has 0 fully saturated rings. The van der Waals surface area contributed by atoms with Gasteiger partial charge < -0.3 is 24.8 Å². The molecule has 3 rings (SSSR count). The van der Waals surface area contributed by atoms with Gasteiger partial charge in [-0.2, -0.15) is 13.2 Å². The number of hydrogen-bond donors (Lipinski definition) is 2. The average Bonchev–Trinajstić information content (AvgIpc) is 2.71. The van der Waals surface area contributed by atoms with Crippen LogP contribution in [0.25, 0.3) is 0 Å². The number of ether oxygens (including phenoxy) is 2. The number of carbonyl (C=O) groups is 1. The molecule has 2 N–H and O–H groups in total. The SMILES string of the molecule is COc1cccc2c1OC[C@@H](CO)[C@H]2N(C)C(=O)Nc1cccc(C(F)(F)F)c1. The number of carbonyl (C=O) groups excluding carboxylic acids is 1. The number of amides is 2. The van der Waals surface area contributed by atoms with Crippen LogP contribution in [0.4, 0.5) is 23.7 Å². The number of para-hydroxylation sites is 1. The summed E-state index contributed by atoms with van der Waals surface area (Å²) in [7, 11) is 3.01. The van der Waals surface area contributed by atoms with Crippen molar-refractivity contribution < 1.29 is 32.5 Å². The smallest absolute Gasteiger partial charge is 0.416 e. The van der Waals surface area contributed by atoms with Gasteiger partial charge in [0.25, 0.3) is 0 Å². The van der Waals surface area contributed by atoms with Crippen molar-refractivity contribution in [1.82, 2.24) is 4.90 Å². The Kier molecular flexibility index (Phi) is 5.88. The van der Waals surface area contributed by atoms with E-state index < -0.39 is 29.7 Å². The third-order valence-electron chi connectivity index (χ3n) is 4.85. The molecule has 0 radical (unpaired) electrons. The molecule has 9 heteroatoms. The minimum atomic E-state index is -4.51. The first-order valence-electron chi connectivity index (χ1n) is 8.88. The number of halogens is 3. The van der Waals surface area contributed by atoms with Crippen molar-refractivity contribution in [1.29, 1.82) is 0 Å². The van der Waals surface area contributed by atoms with Gasteiger partial charge in [-0.3, -0.25) is 0 Å². The molecule has 0 aliphatic carbocycles. The van der Waals surface area contributed by atoms with Gasteiger partial charge in [0.05, 0.1) is 31.9 Å². The summed E-state index contributed by atoms with van der Waals surface area (Å²) in [5, 5.41) is 12.3. The van der Waals surface area contributed by atoms with Crippen LogP contribution >= 0.6 is 0 Å². The molecular formula is C20H21F3N2O4. The molecule has 29 heavy (non-hydrogen) atoms. The van der Waals surface area contributed by atoms with Crippen LogP contribution in [0.5, 0.6) is 11.5 Å². The van der Waals surface area contributed by atoms with Crippen LogP contribution in [0.15, 0.2) is 42.5 Å². The van der Waals surface area contributed by atoms with Crippen molar-refractivity contribution in [3.8, 4) is 11.5 Å². The third-order valence-corrected chi connectivity index (χ3v) is 4.85. The lowest BCUT2D eigenvalue weighted by Crippen LogP contribution is -2.43. The average molecular weight is 410 g/mol. The highest BCUT2D eigenvalue weighted by Gasteiger charge is 2.37. The lowest BCUT2D eigenvalue weighted by atomic mass is 9.90. The maximum atomic E-state index is 12.9. The Morgan fingerprint density at radius 1 is 1.31 bits per heavy atom. The zero-order chi connectivity index (χ0) is 21.2. The van der Waals surface area contributed by atoms with E-state index >= 15 is 0 Å². The fourth-order valence-corrected chi connectivity index (χ4v) is 3.41. The molecule has 0 saturated heterocycles. The van der Waals surface area contributed by atoms with E-state index in [1.807, 2.05) is 0 Å². The summed E-state index contributed by atoms with van der Waals surface area (Å²) in [6.45, 7) is -0.0712. The summed E-state index contributed by atoms with van der Waals surface area (Å²) in [6.07, 6.45) is -4.51. The highest BCUT2D eigenvalue weighted by atomic mass is 19.4. The maximum absolute atomic E-state index is 12.9. The summed E-state index contributed by atoms with van der Waals surface area (Å²) in [6, 6.07) is 8.48. The Labute approximate surface area is 165 Å². The molecule has 0 aromatic heterocycles. The number of aliphatic hydroxyl groups excluding tert-OH is 1. The second-order valence-electron chi connectivity index (χ2n) is 6.70. The minimum absolute atomic E-state index is 0.0233. The number of rotatable bonds is 4. The van der Waals surface area contributed by atoms with Gasteiger partial charge in [-0.25, -0.2) is 4.79 Å². The zero-order valence-electron chi connectivity index (χ0n) is 15.9. The molecule has 0 unspecified atom stereocenters. The number of alkyl halides is 3. The predicted octanol–water partition coefficient (Wildman–Crippen LogP) is 3.92. The number of hydrogen-bond acceptors (Lipinski definition) is 4. The van der Waals surface area contributed by atoms with Crippen molar-refractivity contribution in [2.24, 2.45) is 5.92 Å². The van der Waals surface area contributed by atoms with Gasteiger partial charge in [0, 0.05) is 24.2 Å². The van der Waals surface area contributed by atoms with E-state index in [-0.39, 0.29) is 18.9 Å². The van der Waals surface area contributed by atoms with Gasteiger partial charge in [0.1, 0.15) is 0 Å². The summed E-state index contributed by atoms with van der Waals surface area (Å²) >= 11 is 0. The van der Waals surface area contributed by atoms with Crippen LogP contribution in [0, 0.1) is 5.92 Å². The predicted molar refractivity (Wildman–Crippen MR) is 100 cm³/mol. The normalized spacial score (nSPS) is 18.4. The van der Waals surface area contributed by atoms with Crippen LogP contribution in [0.1, 0.15) is 17.2 Å².